The summed E-state index contributed by atoms with van der Waals surface area (Å²) < 4.78 is 32.1. The summed E-state index contributed by atoms with van der Waals surface area (Å²) in [5.74, 6) is -3.33. The largest absolute Gasteiger partial charge is 0.363 e. The van der Waals surface area contributed by atoms with E-state index in [-0.39, 0.29) is 36.7 Å². The van der Waals surface area contributed by atoms with Crippen molar-refractivity contribution in [2.45, 2.75) is 50.4 Å². The van der Waals surface area contributed by atoms with Crippen LogP contribution < -0.4 is 0 Å². The number of hydrogen-bond donors (Lipinski definition) is 0. The van der Waals surface area contributed by atoms with Gasteiger partial charge in [0.25, 0.3) is 5.91 Å². The Hall–Kier alpha value is -2.09. The van der Waals surface area contributed by atoms with Gasteiger partial charge in [0, 0.05) is 45.1 Å². The highest BCUT2D eigenvalue weighted by atomic mass is 19.3. The summed E-state index contributed by atoms with van der Waals surface area (Å²) in [6.07, 6.45) is 1.65. The zero-order valence-corrected chi connectivity index (χ0v) is 15.9. The fourth-order valence-electron chi connectivity index (χ4n) is 4.44. The van der Waals surface area contributed by atoms with Gasteiger partial charge in [0.15, 0.2) is 0 Å². The Morgan fingerprint density at radius 3 is 2.82 bits per heavy atom. The molecule has 3 aliphatic rings. The van der Waals surface area contributed by atoms with Gasteiger partial charge in [-0.05, 0) is 30.9 Å². The number of rotatable bonds is 4. The van der Waals surface area contributed by atoms with E-state index in [1.165, 1.54) is 0 Å². The Morgan fingerprint density at radius 1 is 1.36 bits per heavy atom. The molecule has 8 heteroatoms. The molecule has 0 bridgehead atoms. The predicted molar refractivity (Wildman–Crippen MR) is 96.3 cm³/mol. The highest BCUT2D eigenvalue weighted by Crippen LogP contribution is 2.44. The molecule has 0 radical (unpaired) electrons. The Labute approximate surface area is 162 Å². The molecule has 2 amide bonds. The summed E-state index contributed by atoms with van der Waals surface area (Å²) in [5, 5.41) is 0. The second-order valence-corrected chi connectivity index (χ2v) is 8.21. The van der Waals surface area contributed by atoms with E-state index in [2.05, 4.69) is 4.98 Å². The molecule has 3 fully saturated rings. The number of hydrogen-bond acceptors (Lipinski definition) is 4. The lowest BCUT2D eigenvalue weighted by Gasteiger charge is -2.40. The van der Waals surface area contributed by atoms with E-state index in [0.717, 1.165) is 12.1 Å². The Morgan fingerprint density at radius 2 is 2.14 bits per heavy atom. The number of likely N-dealkylation sites (tertiary alicyclic amines) is 1. The Kier molecular flexibility index (Phi) is 5.07. The monoisotopic (exact) mass is 393 g/mol. The maximum Gasteiger partial charge on any atom is 0.251 e. The molecule has 1 aromatic heterocycles. The van der Waals surface area contributed by atoms with Crippen LogP contribution in [0.1, 0.15) is 31.4 Å². The van der Waals surface area contributed by atoms with Crippen LogP contribution in [0.3, 0.4) is 0 Å². The minimum atomic E-state index is -2.70. The van der Waals surface area contributed by atoms with Crippen LogP contribution >= 0.6 is 0 Å². The fourth-order valence-corrected chi connectivity index (χ4v) is 4.44. The summed E-state index contributed by atoms with van der Waals surface area (Å²) in [4.78, 5) is 32.7. The maximum absolute atomic E-state index is 13.1. The van der Waals surface area contributed by atoms with Crippen LogP contribution in [0.25, 0.3) is 0 Å². The van der Waals surface area contributed by atoms with E-state index >= 15 is 0 Å². The standard InChI is InChI=1S/C20H25F2N3O3/c1-24(11-15-4-2-3-6-23-15)19(27)16-8-13-5-7-25(12-17(13)28-16)18(26)14-9-20(21,22)10-14/h2-4,6,13-14,16-17H,5,7-12H2,1H3/t13-,16?,17-/m0/s1. The minimum absolute atomic E-state index is 0.0865. The number of carbonyl (C=O) groups excluding carboxylic acids is 2. The molecule has 0 N–H and O–H groups in total. The van der Waals surface area contributed by atoms with Gasteiger partial charge in [-0.15, -0.1) is 0 Å². The van der Waals surface area contributed by atoms with E-state index in [1.54, 1.807) is 23.0 Å². The van der Waals surface area contributed by atoms with Crippen molar-refractivity contribution >= 4 is 11.8 Å². The molecule has 3 heterocycles. The number of likely N-dealkylation sites (N-methyl/N-ethyl adjacent to an activating group) is 1. The van der Waals surface area contributed by atoms with Crippen molar-refractivity contribution in [3.05, 3.63) is 30.1 Å². The van der Waals surface area contributed by atoms with Crippen molar-refractivity contribution in [1.82, 2.24) is 14.8 Å². The number of fused-ring (bicyclic) bond motifs is 1. The number of nitrogens with zero attached hydrogens (tertiary/aromatic N) is 3. The molecule has 6 nitrogen and oxygen atoms in total. The Bertz CT molecular complexity index is 737. The molecular weight excluding hydrogens is 368 g/mol. The second-order valence-electron chi connectivity index (χ2n) is 8.21. The first-order valence-electron chi connectivity index (χ1n) is 9.79. The lowest BCUT2D eigenvalue weighted by molar-refractivity contribution is -0.163. The van der Waals surface area contributed by atoms with Crippen LogP contribution in [0.5, 0.6) is 0 Å². The van der Waals surface area contributed by atoms with Crippen molar-refractivity contribution in [1.29, 1.82) is 0 Å². The lowest BCUT2D eigenvalue weighted by atomic mass is 9.79. The summed E-state index contributed by atoms with van der Waals surface area (Å²) in [6.45, 7) is 1.35. The third-order valence-corrected chi connectivity index (χ3v) is 6.08. The number of piperidine rings is 1. The molecule has 1 unspecified atom stereocenters. The van der Waals surface area contributed by atoms with Gasteiger partial charge in [0.1, 0.15) is 6.10 Å². The van der Waals surface area contributed by atoms with Crippen LogP contribution in [0.2, 0.25) is 0 Å². The highest BCUT2D eigenvalue weighted by molar-refractivity contribution is 5.81. The van der Waals surface area contributed by atoms with Gasteiger partial charge in [-0.3, -0.25) is 14.6 Å². The van der Waals surface area contributed by atoms with Crippen molar-refractivity contribution in [2.75, 3.05) is 20.1 Å². The topological polar surface area (TPSA) is 62.7 Å². The van der Waals surface area contributed by atoms with Gasteiger partial charge in [0.2, 0.25) is 11.8 Å². The van der Waals surface area contributed by atoms with Crippen LogP contribution in [0.4, 0.5) is 8.78 Å². The van der Waals surface area contributed by atoms with Gasteiger partial charge in [-0.25, -0.2) is 8.78 Å². The van der Waals surface area contributed by atoms with Crippen molar-refractivity contribution < 1.29 is 23.1 Å². The zero-order valence-electron chi connectivity index (χ0n) is 15.9. The average Bonchev–Trinajstić information content (AvgIpc) is 3.08. The van der Waals surface area contributed by atoms with Gasteiger partial charge < -0.3 is 14.5 Å². The maximum atomic E-state index is 13.1. The highest BCUT2D eigenvalue weighted by Gasteiger charge is 2.51. The second kappa shape index (κ2) is 7.39. The van der Waals surface area contributed by atoms with Gasteiger partial charge >= 0.3 is 0 Å². The first-order chi connectivity index (χ1) is 13.3. The van der Waals surface area contributed by atoms with E-state index in [9.17, 15) is 18.4 Å². The summed E-state index contributed by atoms with van der Waals surface area (Å²) >= 11 is 0. The van der Waals surface area contributed by atoms with Crippen LogP contribution in [-0.4, -0.2) is 64.9 Å². The molecule has 4 rings (SSSR count). The van der Waals surface area contributed by atoms with Crippen LogP contribution in [-0.2, 0) is 20.9 Å². The molecule has 1 aromatic rings. The molecule has 2 saturated heterocycles. The predicted octanol–water partition coefficient (Wildman–Crippen LogP) is 2.09. The lowest BCUT2D eigenvalue weighted by Crippen LogP contribution is -2.52. The van der Waals surface area contributed by atoms with Gasteiger partial charge in [-0.2, -0.15) is 0 Å². The molecule has 152 valence electrons. The molecule has 0 aromatic carbocycles. The van der Waals surface area contributed by atoms with Crippen molar-refractivity contribution in [2.24, 2.45) is 11.8 Å². The zero-order chi connectivity index (χ0) is 19.9. The third-order valence-electron chi connectivity index (χ3n) is 6.08. The number of ether oxygens (including phenoxy) is 1. The number of halogens is 2. The number of aromatic nitrogens is 1. The molecular formula is C20H25F2N3O3. The first-order valence-corrected chi connectivity index (χ1v) is 9.79. The summed E-state index contributed by atoms with van der Waals surface area (Å²) in [7, 11) is 1.73. The minimum Gasteiger partial charge on any atom is -0.363 e. The normalized spacial score (nSPS) is 29.1. The average molecular weight is 393 g/mol. The first kappa shape index (κ1) is 19.2. The Balaban J connectivity index is 1.31. The van der Waals surface area contributed by atoms with E-state index in [0.29, 0.717) is 26.1 Å². The van der Waals surface area contributed by atoms with E-state index in [4.69, 9.17) is 4.74 Å². The summed E-state index contributed by atoms with van der Waals surface area (Å²) in [6, 6.07) is 5.57. The molecule has 1 saturated carbocycles. The van der Waals surface area contributed by atoms with Crippen molar-refractivity contribution in [3.8, 4) is 0 Å². The fraction of sp³-hybridized carbons (Fsp3) is 0.650. The molecule has 1 aliphatic carbocycles. The van der Waals surface area contributed by atoms with Crippen LogP contribution in [0, 0.1) is 11.8 Å². The SMILES string of the molecule is CN(Cc1ccccn1)C(=O)C1C[C@@H]2CCN(C(=O)C3CC(F)(F)C3)C[C@@H]2O1. The number of amides is 2. The summed E-state index contributed by atoms with van der Waals surface area (Å²) in [5.41, 5.74) is 0.808. The molecule has 28 heavy (non-hydrogen) atoms. The third kappa shape index (κ3) is 3.87. The molecule has 0 spiro atoms. The molecule has 3 atom stereocenters. The smallest absolute Gasteiger partial charge is 0.251 e. The number of pyridine rings is 1. The van der Waals surface area contributed by atoms with Crippen LogP contribution in [0.15, 0.2) is 24.4 Å². The van der Waals surface area contributed by atoms with E-state index < -0.39 is 17.9 Å². The quantitative estimate of drug-likeness (QED) is 0.786. The van der Waals surface area contributed by atoms with Gasteiger partial charge in [-0.1, -0.05) is 6.07 Å². The van der Waals surface area contributed by atoms with Crippen molar-refractivity contribution in [3.63, 3.8) is 0 Å². The number of alkyl halides is 2. The van der Waals surface area contributed by atoms with E-state index in [1.807, 2.05) is 18.2 Å². The van der Waals surface area contributed by atoms with Gasteiger partial charge in [0.05, 0.1) is 18.3 Å². The molecule has 2 aliphatic heterocycles. The number of carbonyl (C=O) groups is 2.